The van der Waals surface area contributed by atoms with Crippen molar-refractivity contribution in [3.05, 3.63) is 23.3 Å². The first kappa shape index (κ1) is 14.8. The molecule has 1 rings (SSSR count). The van der Waals surface area contributed by atoms with Gasteiger partial charge in [0.1, 0.15) is 11.5 Å². The van der Waals surface area contributed by atoms with Crippen LogP contribution in [0.5, 0.6) is 11.5 Å². The molecular formula is C13H17NO5. The molecular weight excluding hydrogens is 250 g/mol. The molecule has 0 aliphatic rings. The molecule has 0 saturated carbocycles. The summed E-state index contributed by atoms with van der Waals surface area (Å²) in [5, 5.41) is 11.0. The minimum Gasteiger partial charge on any atom is -0.496 e. The summed E-state index contributed by atoms with van der Waals surface area (Å²) in [4.78, 5) is 22.2. The largest absolute Gasteiger partial charge is 0.496 e. The van der Waals surface area contributed by atoms with Crippen molar-refractivity contribution in [2.75, 3.05) is 20.8 Å². The molecule has 0 aliphatic heterocycles. The molecule has 0 aromatic heterocycles. The zero-order valence-electron chi connectivity index (χ0n) is 11.1. The van der Waals surface area contributed by atoms with Gasteiger partial charge in [0.25, 0.3) is 5.91 Å². The molecule has 1 aromatic rings. The molecule has 104 valence electrons. The molecule has 1 aromatic carbocycles. The van der Waals surface area contributed by atoms with E-state index in [-0.39, 0.29) is 18.9 Å². The normalized spacial score (nSPS) is 9.84. The summed E-state index contributed by atoms with van der Waals surface area (Å²) in [5.74, 6) is -0.234. The Kier molecular flexibility index (Phi) is 5.17. The van der Waals surface area contributed by atoms with Crippen LogP contribution in [-0.4, -0.2) is 37.7 Å². The molecule has 0 heterocycles. The second kappa shape index (κ2) is 6.63. The van der Waals surface area contributed by atoms with E-state index in [4.69, 9.17) is 14.6 Å². The Hall–Kier alpha value is -2.24. The second-order valence-corrected chi connectivity index (χ2v) is 3.91. The van der Waals surface area contributed by atoms with Crippen LogP contribution in [0.2, 0.25) is 0 Å². The highest BCUT2D eigenvalue weighted by Gasteiger charge is 2.13. The molecule has 0 spiro atoms. The summed E-state index contributed by atoms with van der Waals surface area (Å²) in [6.45, 7) is 1.90. The topological polar surface area (TPSA) is 84.9 Å². The van der Waals surface area contributed by atoms with Gasteiger partial charge in [0.05, 0.1) is 20.6 Å². The molecule has 0 saturated heterocycles. The van der Waals surface area contributed by atoms with Crippen LogP contribution >= 0.6 is 0 Å². The van der Waals surface area contributed by atoms with Crippen molar-refractivity contribution >= 4 is 11.9 Å². The fourth-order valence-corrected chi connectivity index (χ4v) is 1.60. The summed E-state index contributed by atoms with van der Waals surface area (Å²) >= 11 is 0. The molecule has 0 radical (unpaired) electrons. The Bertz CT molecular complexity index is 459. The standard InChI is InChI=1S/C13H17NO5/c1-8-10(18-2)6-9(7-11(8)19-3)13(17)14-5-4-12(15)16/h6-7H,4-5H2,1-3H3,(H,14,17)(H,15,16). The lowest BCUT2D eigenvalue weighted by Gasteiger charge is -2.12. The number of carboxylic acid groups (broad SMARTS) is 1. The Morgan fingerprint density at radius 1 is 1.21 bits per heavy atom. The number of nitrogens with one attached hydrogen (secondary N) is 1. The van der Waals surface area contributed by atoms with E-state index in [1.54, 1.807) is 12.1 Å². The number of hydrogen-bond donors (Lipinski definition) is 2. The zero-order chi connectivity index (χ0) is 14.4. The number of rotatable bonds is 6. The fourth-order valence-electron chi connectivity index (χ4n) is 1.60. The summed E-state index contributed by atoms with van der Waals surface area (Å²) in [6.07, 6.45) is -0.119. The van der Waals surface area contributed by atoms with Crippen molar-refractivity contribution in [1.29, 1.82) is 0 Å². The molecule has 6 heteroatoms. The third-order valence-corrected chi connectivity index (χ3v) is 2.64. The molecule has 2 N–H and O–H groups in total. The van der Waals surface area contributed by atoms with Crippen LogP contribution in [0.3, 0.4) is 0 Å². The van der Waals surface area contributed by atoms with Gasteiger partial charge in [-0.1, -0.05) is 0 Å². The number of benzene rings is 1. The number of hydrogen-bond acceptors (Lipinski definition) is 4. The minimum absolute atomic E-state index is 0.0761. The van der Waals surface area contributed by atoms with E-state index in [2.05, 4.69) is 5.32 Å². The lowest BCUT2D eigenvalue weighted by atomic mass is 10.1. The lowest BCUT2D eigenvalue weighted by Crippen LogP contribution is -2.26. The van der Waals surface area contributed by atoms with Crippen LogP contribution in [0.25, 0.3) is 0 Å². The molecule has 0 atom stereocenters. The van der Waals surface area contributed by atoms with Crippen LogP contribution in [0, 0.1) is 6.92 Å². The van der Waals surface area contributed by atoms with Gasteiger partial charge >= 0.3 is 5.97 Å². The number of amides is 1. The highest BCUT2D eigenvalue weighted by molar-refractivity contribution is 5.95. The van der Waals surface area contributed by atoms with Gasteiger partial charge in [-0.05, 0) is 19.1 Å². The first-order chi connectivity index (χ1) is 8.99. The van der Waals surface area contributed by atoms with Crippen molar-refractivity contribution in [3.63, 3.8) is 0 Å². The Labute approximate surface area is 111 Å². The predicted molar refractivity (Wildman–Crippen MR) is 68.9 cm³/mol. The number of carbonyl (C=O) groups is 2. The molecule has 1 amide bonds. The molecule has 6 nitrogen and oxygen atoms in total. The number of aliphatic carboxylic acids is 1. The van der Waals surface area contributed by atoms with Gasteiger partial charge in [-0.3, -0.25) is 9.59 Å². The van der Waals surface area contributed by atoms with Gasteiger partial charge in [-0.15, -0.1) is 0 Å². The number of methoxy groups -OCH3 is 2. The van der Waals surface area contributed by atoms with Crippen LogP contribution in [-0.2, 0) is 4.79 Å². The first-order valence-electron chi connectivity index (χ1n) is 5.72. The smallest absolute Gasteiger partial charge is 0.305 e. The Morgan fingerprint density at radius 3 is 2.16 bits per heavy atom. The summed E-state index contributed by atoms with van der Waals surface area (Å²) in [7, 11) is 3.02. The number of carbonyl (C=O) groups excluding carboxylic acids is 1. The quantitative estimate of drug-likeness (QED) is 0.809. The van der Waals surface area contributed by atoms with E-state index >= 15 is 0 Å². The number of carboxylic acids is 1. The summed E-state index contributed by atoms with van der Waals surface area (Å²) in [6, 6.07) is 3.18. The maximum absolute atomic E-state index is 11.9. The Balaban J connectivity index is 2.87. The predicted octanol–water partition coefficient (Wildman–Crippen LogP) is 1.22. The zero-order valence-corrected chi connectivity index (χ0v) is 11.1. The molecule has 19 heavy (non-hydrogen) atoms. The van der Waals surface area contributed by atoms with Crippen molar-refractivity contribution < 1.29 is 24.2 Å². The van der Waals surface area contributed by atoms with Crippen LogP contribution < -0.4 is 14.8 Å². The molecule has 0 aliphatic carbocycles. The first-order valence-corrected chi connectivity index (χ1v) is 5.72. The van der Waals surface area contributed by atoms with Crippen LogP contribution in [0.15, 0.2) is 12.1 Å². The van der Waals surface area contributed by atoms with E-state index in [1.807, 2.05) is 6.92 Å². The lowest BCUT2D eigenvalue weighted by molar-refractivity contribution is -0.136. The van der Waals surface area contributed by atoms with Crippen LogP contribution in [0.4, 0.5) is 0 Å². The minimum atomic E-state index is -0.959. The third kappa shape index (κ3) is 3.87. The second-order valence-electron chi connectivity index (χ2n) is 3.91. The fraction of sp³-hybridized carbons (Fsp3) is 0.385. The summed E-state index contributed by atoms with van der Waals surface area (Å²) < 4.78 is 10.3. The van der Waals surface area contributed by atoms with Crippen molar-refractivity contribution in [2.45, 2.75) is 13.3 Å². The van der Waals surface area contributed by atoms with Gasteiger partial charge in [-0.2, -0.15) is 0 Å². The van der Waals surface area contributed by atoms with Crippen molar-refractivity contribution in [3.8, 4) is 11.5 Å². The maximum Gasteiger partial charge on any atom is 0.305 e. The van der Waals surface area contributed by atoms with E-state index in [0.717, 1.165) is 5.56 Å². The maximum atomic E-state index is 11.9. The molecule has 0 unspecified atom stereocenters. The third-order valence-electron chi connectivity index (χ3n) is 2.64. The van der Waals surface area contributed by atoms with Crippen molar-refractivity contribution in [2.24, 2.45) is 0 Å². The van der Waals surface area contributed by atoms with Gasteiger partial charge in [0, 0.05) is 17.7 Å². The van der Waals surface area contributed by atoms with E-state index in [0.29, 0.717) is 17.1 Å². The van der Waals surface area contributed by atoms with Gasteiger partial charge in [-0.25, -0.2) is 0 Å². The average Bonchev–Trinajstić information content (AvgIpc) is 2.38. The highest BCUT2D eigenvalue weighted by atomic mass is 16.5. The molecule has 0 fully saturated rings. The SMILES string of the molecule is COc1cc(C(=O)NCCC(=O)O)cc(OC)c1C. The number of ether oxygens (including phenoxy) is 2. The monoisotopic (exact) mass is 267 g/mol. The van der Waals surface area contributed by atoms with E-state index < -0.39 is 5.97 Å². The van der Waals surface area contributed by atoms with Crippen LogP contribution in [0.1, 0.15) is 22.3 Å². The Morgan fingerprint density at radius 2 is 1.74 bits per heavy atom. The van der Waals surface area contributed by atoms with Gasteiger partial charge in [0.15, 0.2) is 0 Å². The van der Waals surface area contributed by atoms with Gasteiger partial charge in [0.2, 0.25) is 0 Å². The van der Waals surface area contributed by atoms with Gasteiger partial charge < -0.3 is 19.9 Å². The highest BCUT2D eigenvalue weighted by Crippen LogP contribution is 2.29. The summed E-state index contributed by atoms with van der Waals surface area (Å²) in [5.41, 5.74) is 1.16. The average molecular weight is 267 g/mol. The van der Waals surface area contributed by atoms with E-state index in [1.165, 1.54) is 14.2 Å². The van der Waals surface area contributed by atoms with E-state index in [9.17, 15) is 9.59 Å². The molecule has 0 bridgehead atoms. The van der Waals surface area contributed by atoms with Crippen molar-refractivity contribution in [1.82, 2.24) is 5.32 Å².